The zero-order valence-corrected chi connectivity index (χ0v) is 11.8. The number of carbonyl (C=O) groups is 1. The zero-order chi connectivity index (χ0) is 15.1. The number of hydrogen-bond donors (Lipinski definition) is 1. The van der Waals surface area contributed by atoms with Crippen molar-refractivity contribution in [1.82, 2.24) is 0 Å². The van der Waals surface area contributed by atoms with E-state index in [0.717, 1.165) is 23.5 Å². The van der Waals surface area contributed by atoms with Crippen molar-refractivity contribution in [1.29, 1.82) is 0 Å². The molecule has 0 aliphatic heterocycles. The molecule has 0 amide bonds. The van der Waals surface area contributed by atoms with Crippen LogP contribution in [0.1, 0.15) is 30.9 Å². The average molecular weight is 285 g/mol. The van der Waals surface area contributed by atoms with E-state index in [-0.39, 0.29) is 12.5 Å². The van der Waals surface area contributed by atoms with Crippen molar-refractivity contribution in [2.75, 3.05) is 0 Å². The predicted octanol–water partition coefficient (Wildman–Crippen LogP) is 1.68. The number of carboxylic acid groups (broad SMARTS) is 1. The number of carbonyl (C=O) groups excluding carboxylic acids is 1. The molecular weight excluding hydrogens is 266 g/mol. The molecule has 1 atom stereocenters. The van der Waals surface area contributed by atoms with Gasteiger partial charge >= 0.3 is 0 Å². The van der Waals surface area contributed by atoms with Crippen LogP contribution in [0.5, 0.6) is 11.5 Å². The van der Waals surface area contributed by atoms with E-state index in [9.17, 15) is 9.90 Å². The van der Waals surface area contributed by atoms with Crippen LogP contribution in [0.4, 0.5) is 0 Å². The van der Waals surface area contributed by atoms with Crippen LogP contribution < -0.4 is 15.6 Å². The molecule has 0 unspecified atom stereocenters. The molecule has 0 saturated carbocycles. The summed E-state index contributed by atoms with van der Waals surface area (Å²) in [7, 11) is 0. The number of carboxylic acids is 1. The molecule has 4 nitrogen and oxygen atoms in total. The zero-order valence-electron chi connectivity index (χ0n) is 11.8. The summed E-state index contributed by atoms with van der Waals surface area (Å²) in [5, 5.41) is 10.4. The Morgan fingerprint density at radius 2 is 1.67 bits per heavy atom. The minimum atomic E-state index is -1.01. The van der Waals surface area contributed by atoms with Gasteiger partial charge in [0.2, 0.25) is 0 Å². The van der Waals surface area contributed by atoms with Crippen molar-refractivity contribution < 1.29 is 20.4 Å². The van der Waals surface area contributed by atoms with Crippen molar-refractivity contribution in [3.63, 3.8) is 0 Å². The van der Waals surface area contributed by atoms with E-state index in [2.05, 4.69) is 5.73 Å². The maximum Gasteiger partial charge on any atom is 0.127 e. The Bertz CT molecular complexity index is 566. The Morgan fingerprint density at radius 3 is 2.29 bits per heavy atom. The fraction of sp³-hybridized carbons (Fsp3) is 0.235. The predicted molar refractivity (Wildman–Crippen MR) is 77.4 cm³/mol. The fourth-order valence-corrected chi connectivity index (χ4v) is 2.09. The second-order valence-electron chi connectivity index (χ2n) is 4.95. The summed E-state index contributed by atoms with van der Waals surface area (Å²) in [6.45, 7) is 0. The lowest BCUT2D eigenvalue weighted by Crippen LogP contribution is -2.53. The number of para-hydroxylation sites is 1. The summed E-state index contributed by atoms with van der Waals surface area (Å²) in [5.74, 6) is 0.561. The van der Waals surface area contributed by atoms with Gasteiger partial charge in [0.1, 0.15) is 17.5 Å². The molecule has 0 aliphatic rings. The van der Waals surface area contributed by atoms with Crippen LogP contribution in [-0.2, 0) is 4.79 Å². The molecule has 0 aliphatic carbocycles. The quantitative estimate of drug-likeness (QED) is 0.840. The lowest BCUT2D eigenvalue weighted by molar-refractivity contribution is -0.428. The molecule has 0 fully saturated rings. The SMILES string of the molecule is [NH3+][C@@H](CCCC(=O)[O-])c1ccc(Oc2ccccc2)cc1. The third-order valence-corrected chi connectivity index (χ3v) is 3.26. The molecule has 0 saturated heterocycles. The molecule has 0 spiro atoms. The van der Waals surface area contributed by atoms with Crippen molar-refractivity contribution in [3.8, 4) is 11.5 Å². The highest BCUT2D eigenvalue weighted by atomic mass is 16.5. The van der Waals surface area contributed by atoms with E-state index in [1.165, 1.54) is 0 Å². The van der Waals surface area contributed by atoms with Crippen LogP contribution in [0.25, 0.3) is 0 Å². The lowest BCUT2D eigenvalue weighted by Gasteiger charge is -2.10. The Labute approximate surface area is 124 Å². The van der Waals surface area contributed by atoms with E-state index in [1.807, 2.05) is 54.6 Å². The fourth-order valence-electron chi connectivity index (χ4n) is 2.09. The van der Waals surface area contributed by atoms with Crippen LogP contribution >= 0.6 is 0 Å². The topological polar surface area (TPSA) is 77.0 Å². The Kier molecular flexibility index (Phi) is 5.35. The Balaban J connectivity index is 1.90. The summed E-state index contributed by atoms with van der Waals surface area (Å²) in [5.41, 5.74) is 5.14. The van der Waals surface area contributed by atoms with Gasteiger partial charge in [-0.15, -0.1) is 0 Å². The van der Waals surface area contributed by atoms with Crippen LogP contribution in [0.2, 0.25) is 0 Å². The van der Waals surface area contributed by atoms with Crippen molar-refractivity contribution in [3.05, 3.63) is 60.2 Å². The molecule has 2 aromatic rings. The second-order valence-corrected chi connectivity index (χ2v) is 4.95. The normalized spacial score (nSPS) is 11.9. The van der Waals surface area contributed by atoms with Gasteiger partial charge in [0.05, 0.1) is 0 Å². The minimum absolute atomic E-state index is 0.0788. The van der Waals surface area contributed by atoms with Gasteiger partial charge in [0, 0.05) is 18.0 Å². The van der Waals surface area contributed by atoms with Gasteiger partial charge in [-0.25, -0.2) is 0 Å². The van der Waals surface area contributed by atoms with Gasteiger partial charge in [0.15, 0.2) is 0 Å². The van der Waals surface area contributed by atoms with E-state index in [0.29, 0.717) is 6.42 Å². The molecule has 4 heteroatoms. The number of benzene rings is 2. The molecule has 0 radical (unpaired) electrons. The monoisotopic (exact) mass is 285 g/mol. The molecule has 0 bridgehead atoms. The molecule has 0 heterocycles. The Hall–Kier alpha value is -2.33. The van der Waals surface area contributed by atoms with E-state index < -0.39 is 5.97 Å². The number of rotatable bonds is 7. The van der Waals surface area contributed by atoms with Crippen molar-refractivity contribution >= 4 is 5.97 Å². The first kappa shape index (κ1) is 15.1. The first-order valence-electron chi connectivity index (χ1n) is 7.01. The standard InChI is InChI=1S/C17H19NO3/c18-16(7-4-8-17(19)20)13-9-11-15(12-10-13)21-14-5-2-1-3-6-14/h1-3,5-6,9-12,16H,4,7-8,18H2,(H,19,20)/t16-/m0/s1. The summed E-state index contributed by atoms with van der Waals surface area (Å²) in [4.78, 5) is 10.4. The highest BCUT2D eigenvalue weighted by Gasteiger charge is 2.09. The number of ether oxygens (including phenoxy) is 1. The second kappa shape index (κ2) is 7.45. The van der Waals surface area contributed by atoms with Crippen LogP contribution in [0.15, 0.2) is 54.6 Å². The van der Waals surface area contributed by atoms with Crippen LogP contribution in [0.3, 0.4) is 0 Å². The molecular formula is C17H19NO3. The summed E-state index contributed by atoms with van der Waals surface area (Å²) >= 11 is 0. The first-order chi connectivity index (χ1) is 10.1. The molecule has 110 valence electrons. The summed E-state index contributed by atoms with van der Waals surface area (Å²) in [6.07, 6.45) is 1.40. The van der Waals surface area contributed by atoms with Gasteiger partial charge in [-0.3, -0.25) is 0 Å². The summed E-state index contributed by atoms with van der Waals surface area (Å²) < 4.78 is 5.72. The Morgan fingerprint density at radius 1 is 1.05 bits per heavy atom. The first-order valence-corrected chi connectivity index (χ1v) is 7.01. The average Bonchev–Trinajstić information content (AvgIpc) is 2.48. The molecule has 2 aromatic carbocycles. The van der Waals surface area contributed by atoms with Crippen molar-refractivity contribution in [2.45, 2.75) is 25.3 Å². The van der Waals surface area contributed by atoms with Gasteiger partial charge < -0.3 is 20.4 Å². The van der Waals surface area contributed by atoms with Gasteiger partial charge in [-0.05, 0) is 49.2 Å². The minimum Gasteiger partial charge on any atom is -0.550 e. The van der Waals surface area contributed by atoms with E-state index in [4.69, 9.17) is 4.74 Å². The van der Waals surface area contributed by atoms with Crippen LogP contribution in [0, 0.1) is 0 Å². The number of hydrogen-bond acceptors (Lipinski definition) is 3. The largest absolute Gasteiger partial charge is 0.550 e. The van der Waals surface area contributed by atoms with E-state index >= 15 is 0 Å². The molecule has 3 N–H and O–H groups in total. The molecule has 2 rings (SSSR count). The number of quaternary nitrogens is 1. The maximum absolute atomic E-state index is 10.4. The molecule has 0 aromatic heterocycles. The number of aliphatic carboxylic acids is 1. The maximum atomic E-state index is 10.4. The van der Waals surface area contributed by atoms with Gasteiger partial charge in [-0.2, -0.15) is 0 Å². The molecule has 21 heavy (non-hydrogen) atoms. The summed E-state index contributed by atoms with van der Waals surface area (Å²) in [6, 6.07) is 17.4. The van der Waals surface area contributed by atoms with Gasteiger partial charge in [-0.1, -0.05) is 18.2 Å². The highest BCUT2D eigenvalue weighted by Crippen LogP contribution is 2.23. The lowest BCUT2D eigenvalue weighted by atomic mass is 10.0. The van der Waals surface area contributed by atoms with Gasteiger partial charge in [0.25, 0.3) is 0 Å². The van der Waals surface area contributed by atoms with E-state index in [1.54, 1.807) is 0 Å². The van der Waals surface area contributed by atoms with Crippen molar-refractivity contribution in [2.24, 2.45) is 0 Å². The third kappa shape index (κ3) is 4.93. The van der Waals surface area contributed by atoms with Crippen LogP contribution in [-0.4, -0.2) is 5.97 Å². The highest BCUT2D eigenvalue weighted by molar-refractivity contribution is 5.64. The third-order valence-electron chi connectivity index (χ3n) is 3.26. The smallest absolute Gasteiger partial charge is 0.127 e.